The van der Waals surface area contributed by atoms with Gasteiger partial charge in [0.2, 0.25) is 0 Å². The van der Waals surface area contributed by atoms with Gasteiger partial charge >= 0.3 is 0 Å². The van der Waals surface area contributed by atoms with Crippen molar-refractivity contribution in [2.45, 2.75) is 70.0 Å². The Morgan fingerprint density at radius 1 is 0.933 bits per heavy atom. The van der Waals surface area contributed by atoms with Gasteiger partial charge in [0.25, 0.3) is 8.32 Å². The van der Waals surface area contributed by atoms with Crippen LogP contribution in [0.4, 0.5) is 0 Å². The second kappa shape index (κ2) is 7.86. The lowest BCUT2D eigenvalue weighted by Crippen LogP contribution is -2.69. The highest BCUT2D eigenvalue weighted by Gasteiger charge is 2.60. The zero-order valence-corrected chi connectivity index (χ0v) is 19.4. The average molecular weight is 429 g/mol. The molecule has 2 aromatic rings. The van der Waals surface area contributed by atoms with E-state index in [4.69, 9.17) is 18.6 Å². The van der Waals surface area contributed by atoms with Crippen LogP contribution < -0.4 is 10.4 Å². The summed E-state index contributed by atoms with van der Waals surface area (Å²) in [6.45, 7) is 10.3. The number of fused-ring (bicyclic) bond motifs is 1. The van der Waals surface area contributed by atoms with Crippen molar-refractivity contribution >= 4 is 18.7 Å². The molecule has 0 aromatic heterocycles. The van der Waals surface area contributed by atoms with Gasteiger partial charge in [-0.15, -0.1) is 0 Å². The molecule has 162 valence electrons. The van der Waals surface area contributed by atoms with E-state index >= 15 is 0 Å². The minimum atomic E-state index is -2.81. The number of ether oxygens (including phenoxy) is 3. The quantitative estimate of drug-likeness (QED) is 0.742. The lowest BCUT2D eigenvalue weighted by atomic mass is 10.1. The Bertz CT molecular complexity index is 809. The third-order valence-corrected chi connectivity index (χ3v) is 11.0. The lowest BCUT2D eigenvalue weighted by Gasteiger charge is -2.45. The number of benzene rings is 2. The molecule has 0 aliphatic carbocycles. The summed E-state index contributed by atoms with van der Waals surface area (Å²) in [5.74, 6) is -0.747. The summed E-state index contributed by atoms with van der Waals surface area (Å²) in [4.78, 5) is 0. The van der Waals surface area contributed by atoms with Crippen molar-refractivity contribution < 1.29 is 23.7 Å². The first-order valence-corrected chi connectivity index (χ1v) is 12.5. The highest BCUT2D eigenvalue weighted by Crippen LogP contribution is 2.43. The fourth-order valence-electron chi connectivity index (χ4n) is 4.73. The van der Waals surface area contributed by atoms with E-state index in [0.29, 0.717) is 0 Å². The molecule has 0 amide bonds. The van der Waals surface area contributed by atoms with Gasteiger partial charge < -0.3 is 23.7 Å². The molecule has 0 radical (unpaired) electrons. The molecule has 0 spiro atoms. The number of aliphatic hydroxyl groups excluding tert-OH is 1. The third kappa shape index (κ3) is 3.66. The van der Waals surface area contributed by atoms with Crippen LogP contribution in [0.5, 0.6) is 0 Å². The van der Waals surface area contributed by atoms with Crippen LogP contribution in [0.25, 0.3) is 0 Å². The van der Waals surface area contributed by atoms with Gasteiger partial charge in [0.1, 0.15) is 18.3 Å². The Morgan fingerprint density at radius 2 is 1.47 bits per heavy atom. The van der Waals surface area contributed by atoms with E-state index < -0.39 is 38.7 Å². The van der Waals surface area contributed by atoms with Crippen molar-refractivity contribution in [1.29, 1.82) is 0 Å². The normalized spacial score (nSPS) is 28.5. The van der Waals surface area contributed by atoms with Crippen LogP contribution in [-0.2, 0) is 18.6 Å². The molecule has 6 heteroatoms. The Labute approximate surface area is 180 Å². The molecule has 2 fully saturated rings. The minimum Gasteiger partial charge on any atom is -0.399 e. The second-order valence-electron chi connectivity index (χ2n) is 9.57. The fourth-order valence-corrected chi connectivity index (χ4v) is 9.44. The fraction of sp³-hybridized carbons (Fsp3) is 0.500. The van der Waals surface area contributed by atoms with Crippen LogP contribution >= 0.6 is 0 Å². The molecule has 0 saturated carbocycles. The molecule has 4 rings (SSSR count). The molecule has 1 unspecified atom stereocenters. The van der Waals surface area contributed by atoms with Crippen LogP contribution in [-0.4, -0.2) is 50.4 Å². The molecule has 2 aliphatic heterocycles. The predicted octanol–water partition coefficient (Wildman–Crippen LogP) is 2.80. The summed E-state index contributed by atoms with van der Waals surface area (Å²) >= 11 is 0. The van der Waals surface area contributed by atoms with Gasteiger partial charge in [-0.05, 0) is 29.3 Å². The lowest BCUT2D eigenvalue weighted by molar-refractivity contribution is -0.217. The number of hydrogen-bond donors (Lipinski definition) is 1. The zero-order valence-electron chi connectivity index (χ0n) is 18.4. The molecule has 0 bridgehead atoms. The van der Waals surface area contributed by atoms with Crippen LogP contribution in [0.2, 0.25) is 5.04 Å². The van der Waals surface area contributed by atoms with Crippen LogP contribution in [0.15, 0.2) is 60.7 Å². The first-order chi connectivity index (χ1) is 14.2. The first-order valence-electron chi connectivity index (χ1n) is 10.6. The molecule has 2 heterocycles. The van der Waals surface area contributed by atoms with E-state index in [-0.39, 0.29) is 11.6 Å². The Morgan fingerprint density at radius 3 is 1.93 bits per heavy atom. The second-order valence-corrected chi connectivity index (χ2v) is 13.8. The Balaban J connectivity index is 1.84. The van der Waals surface area contributed by atoms with Crippen molar-refractivity contribution in [1.82, 2.24) is 0 Å². The minimum absolute atomic E-state index is 0.150. The topological polar surface area (TPSA) is 57.2 Å². The van der Waals surface area contributed by atoms with Gasteiger partial charge in [-0.1, -0.05) is 81.4 Å². The molecule has 2 aromatic carbocycles. The van der Waals surface area contributed by atoms with E-state index in [0.717, 1.165) is 0 Å². The largest absolute Gasteiger partial charge is 0.399 e. The van der Waals surface area contributed by atoms with Crippen molar-refractivity contribution in [3.8, 4) is 0 Å². The third-order valence-electron chi connectivity index (χ3n) is 6.00. The summed E-state index contributed by atoms with van der Waals surface area (Å²) in [5, 5.41) is 12.2. The smallest absolute Gasteiger partial charge is 0.261 e. The van der Waals surface area contributed by atoms with E-state index in [1.807, 2.05) is 26.0 Å². The summed E-state index contributed by atoms with van der Waals surface area (Å²) in [7, 11) is -2.81. The average Bonchev–Trinajstić information content (AvgIpc) is 3.17. The summed E-state index contributed by atoms with van der Waals surface area (Å²) < 4.78 is 25.3. The van der Waals surface area contributed by atoms with Crippen molar-refractivity contribution in [2.75, 3.05) is 6.61 Å². The summed E-state index contributed by atoms with van der Waals surface area (Å²) in [6.07, 6.45) is -1.87. The molecule has 1 N–H and O–H groups in total. The van der Waals surface area contributed by atoms with Crippen LogP contribution in [0.3, 0.4) is 0 Å². The van der Waals surface area contributed by atoms with Gasteiger partial charge in [-0.25, -0.2) is 0 Å². The van der Waals surface area contributed by atoms with Gasteiger partial charge in [-0.2, -0.15) is 0 Å². The van der Waals surface area contributed by atoms with E-state index in [9.17, 15) is 5.11 Å². The van der Waals surface area contributed by atoms with E-state index in [1.54, 1.807) is 0 Å². The van der Waals surface area contributed by atoms with E-state index in [1.165, 1.54) is 10.4 Å². The molecule has 2 aliphatic rings. The zero-order chi connectivity index (χ0) is 21.6. The van der Waals surface area contributed by atoms with Crippen molar-refractivity contribution in [3.05, 3.63) is 60.7 Å². The highest BCUT2D eigenvalue weighted by molar-refractivity contribution is 6.99. The molecule has 2 saturated heterocycles. The Kier molecular flexibility index (Phi) is 5.68. The standard InChI is InChI=1S/C24H32O5Si/c1-23(2,3)30(17-12-8-6-9-13-17,18-14-10-7-11-15-18)29-20-19(16-25)26-22-21(20)27-24(4,5)28-22/h6-15,19-22,25H,16H2,1-5H3/t19?,20-,21+,22+/m0/s1. The van der Waals surface area contributed by atoms with Crippen molar-refractivity contribution in [3.63, 3.8) is 0 Å². The van der Waals surface area contributed by atoms with E-state index in [2.05, 4.69) is 69.3 Å². The summed E-state index contributed by atoms with van der Waals surface area (Å²) in [5.41, 5.74) is 0. The maximum Gasteiger partial charge on any atom is 0.261 e. The van der Waals surface area contributed by atoms with Gasteiger partial charge in [0.05, 0.1) is 6.61 Å². The first kappa shape index (κ1) is 21.7. The molecule has 30 heavy (non-hydrogen) atoms. The van der Waals surface area contributed by atoms with Gasteiger partial charge in [0, 0.05) is 0 Å². The number of hydrogen-bond acceptors (Lipinski definition) is 5. The number of rotatable bonds is 5. The SMILES string of the molecule is CC1(C)O[C@H]2OC(CO)[C@H](O[Si](c3ccccc3)(c3ccccc3)C(C)(C)C)[C@H]2O1. The van der Waals surface area contributed by atoms with Crippen LogP contribution in [0.1, 0.15) is 34.6 Å². The maximum absolute atomic E-state index is 10.1. The molecular formula is C24H32O5Si. The molecular weight excluding hydrogens is 396 g/mol. The molecule has 5 nitrogen and oxygen atoms in total. The number of aliphatic hydroxyl groups is 1. The van der Waals surface area contributed by atoms with Gasteiger partial charge in [0.15, 0.2) is 12.1 Å². The Hall–Kier alpha value is -1.54. The monoisotopic (exact) mass is 428 g/mol. The maximum atomic E-state index is 10.1. The summed E-state index contributed by atoms with van der Waals surface area (Å²) in [6, 6.07) is 20.9. The van der Waals surface area contributed by atoms with Crippen molar-refractivity contribution in [2.24, 2.45) is 0 Å². The van der Waals surface area contributed by atoms with Gasteiger partial charge in [-0.3, -0.25) is 0 Å². The van der Waals surface area contributed by atoms with Crippen LogP contribution in [0, 0.1) is 0 Å². The highest BCUT2D eigenvalue weighted by atomic mass is 28.4. The predicted molar refractivity (Wildman–Crippen MR) is 118 cm³/mol. The molecule has 4 atom stereocenters.